The third-order valence-corrected chi connectivity index (χ3v) is 2.06. The summed E-state index contributed by atoms with van der Waals surface area (Å²) < 4.78 is 18.5. The molecule has 94 valence electrons. The second kappa shape index (κ2) is 6.70. The van der Waals surface area contributed by atoms with Crippen LogP contribution in [0, 0.1) is 5.82 Å². The van der Waals surface area contributed by atoms with E-state index in [4.69, 9.17) is 10.6 Å². The zero-order valence-electron chi connectivity index (χ0n) is 9.96. The van der Waals surface area contributed by atoms with Crippen molar-refractivity contribution in [2.75, 3.05) is 19.0 Å². The molecule has 17 heavy (non-hydrogen) atoms. The topological polar surface area (TPSA) is 71.7 Å². The van der Waals surface area contributed by atoms with Gasteiger partial charge in [0.25, 0.3) is 0 Å². The van der Waals surface area contributed by atoms with Gasteiger partial charge >= 0.3 is 0 Å². The summed E-state index contributed by atoms with van der Waals surface area (Å²) >= 11 is 0. The molecule has 0 bridgehead atoms. The average Bonchev–Trinajstić information content (AvgIpc) is 2.36. The van der Waals surface area contributed by atoms with Crippen LogP contribution in [0.15, 0.2) is 23.2 Å². The van der Waals surface area contributed by atoms with Crippen LogP contribution in [0.2, 0.25) is 0 Å². The Morgan fingerprint density at radius 3 is 2.88 bits per heavy atom. The van der Waals surface area contributed by atoms with Gasteiger partial charge in [-0.1, -0.05) is 6.92 Å². The van der Waals surface area contributed by atoms with Crippen LogP contribution in [0.3, 0.4) is 0 Å². The van der Waals surface area contributed by atoms with Crippen LogP contribution in [0.1, 0.15) is 13.3 Å². The molecule has 5 nitrogen and oxygen atoms in total. The van der Waals surface area contributed by atoms with Crippen LogP contribution in [-0.4, -0.2) is 19.6 Å². The van der Waals surface area contributed by atoms with Crippen molar-refractivity contribution in [1.82, 2.24) is 5.43 Å². The molecule has 0 amide bonds. The fourth-order valence-corrected chi connectivity index (χ4v) is 1.20. The Hall–Kier alpha value is -1.82. The lowest BCUT2D eigenvalue weighted by Gasteiger charge is -2.11. The fourth-order valence-electron chi connectivity index (χ4n) is 1.20. The summed E-state index contributed by atoms with van der Waals surface area (Å²) in [7, 11) is 1.52. The number of aliphatic imine (C=N–C) groups is 1. The van der Waals surface area contributed by atoms with Gasteiger partial charge in [-0.2, -0.15) is 0 Å². The van der Waals surface area contributed by atoms with E-state index >= 15 is 0 Å². The maximum atomic E-state index is 13.5. The van der Waals surface area contributed by atoms with Crippen LogP contribution < -0.4 is 21.3 Å². The highest BCUT2D eigenvalue weighted by Crippen LogP contribution is 2.20. The number of rotatable bonds is 4. The van der Waals surface area contributed by atoms with Crippen molar-refractivity contribution in [3.63, 3.8) is 0 Å². The molecule has 0 heterocycles. The molecule has 6 heteroatoms. The van der Waals surface area contributed by atoms with Gasteiger partial charge in [0.05, 0.1) is 12.8 Å². The lowest BCUT2D eigenvalue weighted by molar-refractivity contribution is 0.414. The fraction of sp³-hybridized carbons (Fsp3) is 0.364. The number of hydrazine groups is 1. The van der Waals surface area contributed by atoms with Gasteiger partial charge in [0.15, 0.2) is 0 Å². The van der Waals surface area contributed by atoms with Crippen LogP contribution in [0.25, 0.3) is 0 Å². The van der Waals surface area contributed by atoms with Gasteiger partial charge in [-0.15, -0.1) is 0 Å². The van der Waals surface area contributed by atoms with Crippen molar-refractivity contribution in [2.24, 2.45) is 10.8 Å². The maximum Gasteiger partial charge on any atom is 0.210 e. The minimum Gasteiger partial charge on any atom is -0.497 e. The summed E-state index contributed by atoms with van der Waals surface area (Å²) in [4.78, 5) is 4.11. The van der Waals surface area contributed by atoms with Crippen molar-refractivity contribution < 1.29 is 9.13 Å². The number of benzene rings is 1. The van der Waals surface area contributed by atoms with Gasteiger partial charge < -0.3 is 10.1 Å². The van der Waals surface area contributed by atoms with E-state index in [1.807, 2.05) is 6.92 Å². The summed E-state index contributed by atoms with van der Waals surface area (Å²) in [5.41, 5.74) is 2.64. The number of anilines is 1. The largest absolute Gasteiger partial charge is 0.497 e. The number of nitrogens with one attached hydrogen (secondary N) is 2. The molecule has 0 aromatic heterocycles. The standard InChI is InChI=1S/C11H17FN4O/c1-3-6-14-11(16-13)15-10-7-8(17-2)4-5-9(10)12/h4-5,7H,3,6,13H2,1-2H3,(H2,14,15,16). The Balaban J connectivity index is 2.84. The molecule has 0 fully saturated rings. The van der Waals surface area contributed by atoms with E-state index in [-0.39, 0.29) is 5.69 Å². The van der Waals surface area contributed by atoms with Gasteiger partial charge in [-0.05, 0) is 18.6 Å². The molecule has 1 aromatic carbocycles. The molecule has 0 atom stereocenters. The van der Waals surface area contributed by atoms with Crippen molar-refractivity contribution >= 4 is 11.6 Å². The quantitative estimate of drug-likeness (QED) is 0.322. The summed E-state index contributed by atoms with van der Waals surface area (Å²) in [6.07, 6.45) is 0.882. The molecule has 0 aliphatic carbocycles. The molecule has 0 saturated carbocycles. The first-order chi connectivity index (χ1) is 8.21. The molecule has 0 unspecified atom stereocenters. The lowest BCUT2D eigenvalue weighted by Crippen LogP contribution is -2.36. The van der Waals surface area contributed by atoms with Crippen molar-refractivity contribution in [1.29, 1.82) is 0 Å². The normalized spacial score (nSPS) is 11.2. The van der Waals surface area contributed by atoms with Crippen LogP contribution in [0.4, 0.5) is 10.1 Å². The number of hydrogen-bond acceptors (Lipinski definition) is 3. The Morgan fingerprint density at radius 1 is 1.53 bits per heavy atom. The number of ether oxygens (including phenoxy) is 1. The van der Waals surface area contributed by atoms with Crippen LogP contribution >= 0.6 is 0 Å². The number of nitrogens with zero attached hydrogens (tertiary/aromatic N) is 1. The number of methoxy groups -OCH3 is 1. The smallest absolute Gasteiger partial charge is 0.210 e. The molecule has 0 saturated heterocycles. The predicted molar refractivity (Wildman–Crippen MR) is 66.5 cm³/mol. The first kappa shape index (κ1) is 13.2. The monoisotopic (exact) mass is 240 g/mol. The predicted octanol–water partition coefficient (Wildman–Crippen LogP) is 1.48. The molecule has 1 rings (SSSR count). The third-order valence-electron chi connectivity index (χ3n) is 2.06. The first-order valence-electron chi connectivity index (χ1n) is 5.33. The van der Waals surface area contributed by atoms with E-state index in [9.17, 15) is 4.39 Å². The van der Waals surface area contributed by atoms with Crippen molar-refractivity contribution in [3.05, 3.63) is 24.0 Å². The van der Waals surface area contributed by atoms with E-state index in [2.05, 4.69) is 15.7 Å². The molecule has 0 aliphatic heterocycles. The second-order valence-corrected chi connectivity index (χ2v) is 3.35. The van der Waals surface area contributed by atoms with E-state index in [1.165, 1.54) is 19.2 Å². The van der Waals surface area contributed by atoms with Crippen LogP contribution in [0.5, 0.6) is 5.75 Å². The van der Waals surface area contributed by atoms with Crippen LogP contribution in [-0.2, 0) is 0 Å². The molecular formula is C11H17FN4O. The Kier molecular flexibility index (Phi) is 5.22. The van der Waals surface area contributed by atoms with Crippen molar-refractivity contribution in [3.8, 4) is 5.75 Å². The molecule has 1 aromatic rings. The Morgan fingerprint density at radius 2 is 2.29 bits per heavy atom. The minimum absolute atomic E-state index is 0.261. The average molecular weight is 240 g/mol. The Labute approximate surface area is 99.8 Å². The van der Waals surface area contributed by atoms with Gasteiger partial charge in [0, 0.05) is 12.6 Å². The zero-order chi connectivity index (χ0) is 12.7. The number of nitrogens with two attached hydrogens (primary N) is 1. The van der Waals surface area contributed by atoms with E-state index in [0.717, 1.165) is 6.42 Å². The number of halogens is 1. The molecule has 4 N–H and O–H groups in total. The van der Waals surface area contributed by atoms with E-state index in [0.29, 0.717) is 18.3 Å². The van der Waals surface area contributed by atoms with Gasteiger partial charge in [0.1, 0.15) is 11.6 Å². The summed E-state index contributed by atoms with van der Waals surface area (Å²) in [6.45, 7) is 2.60. The van der Waals surface area contributed by atoms with Gasteiger partial charge in [0.2, 0.25) is 5.96 Å². The number of guanidine groups is 1. The lowest BCUT2D eigenvalue weighted by atomic mass is 10.3. The highest BCUT2D eigenvalue weighted by Gasteiger charge is 2.05. The van der Waals surface area contributed by atoms with Gasteiger partial charge in [-0.3, -0.25) is 10.4 Å². The van der Waals surface area contributed by atoms with E-state index in [1.54, 1.807) is 6.07 Å². The maximum absolute atomic E-state index is 13.5. The molecule has 0 spiro atoms. The highest BCUT2D eigenvalue weighted by molar-refractivity contribution is 5.93. The summed E-state index contributed by atoms with van der Waals surface area (Å²) in [6, 6.07) is 4.39. The summed E-state index contributed by atoms with van der Waals surface area (Å²) in [5, 5.41) is 2.77. The SMILES string of the molecule is CCCN=C(NN)Nc1cc(OC)ccc1F. The Bertz CT molecular complexity index is 395. The number of hydrogen-bond donors (Lipinski definition) is 3. The first-order valence-corrected chi connectivity index (χ1v) is 5.33. The molecular weight excluding hydrogens is 223 g/mol. The van der Waals surface area contributed by atoms with Gasteiger partial charge in [-0.25, -0.2) is 10.2 Å². The second-order valence-electron chi connectivity index (χ2n) is 3.35. The molecule has 0 radical (unpaired) electrons. The van der Waals surface area contributed by atoms with E-state index < -0.39 is 5.82 Å². The van der Waals surface area contributed by atoms with Crippen molar-refractivity contribution in [2.45, 2.75) is 13.3 Å². The molecule has 0 aliphatic rings. The zero-order valence-corrected chi connectivity index (χ0v) is 9.96. The highest BCUT2D eigenvalue weighted by atomic mass is 19.1. The third kappa shape index (κ3) is 3.92. The summed E-state index contributed by atoms with van der Waals surface area (Å²) in [5.74, 6) is 5.76. The minimum atomic E-state index is -0.398.